The van der Waals surface area contributed by atoms with Crippen molar-refractivity contribution in [1.82, 2.24) is 5.32 Å². The maximum Gasteiger partial charge on any atom is 0.142 e. The van der Waals surface area contributed by atoms with Crippen molar-refractivity contribution in [3.8, 4) is 0 Å². The van der Waals surface area contributed by atoms with Gasteiger partial charge in [0.15, 0.2) is 0 Å². The molecule has 0 radical (unpaired) electrons. The zero-order chi connectivity index (χ0) is 11.4. The molecule has 0 saturated carbocycles. The van der Waals surface area contributed by atoms with E-state index in [4.69, 9.17) is 17.3 Å². The molecular weight excluding hydrogens is 210 g/mol. The number of nitrogens with two attached hydrogens (primary N) is 1. The van der Waals surface area contributed by atoms with Crippen LogP contribution in [0.15, 0.2) is 16.8 Å². The van der Waals surface area contributed by atoms with Crippen LogP contribution in [0.4, 0.5) is 0 Å². The maximum absolute atomic E-state index is 6.12. The minimum absolute atomic E-state index is 0.0610. The third-order valence-electron chi connectivity index (χ3n) is 2.75. The van der Waals surface area contributed by atoms with Crippen LogP contribution in [0.2, 0.25) is 0 Å². The van der Waals surface area contributed by atoms with E-state index in [-0.39, 0.29) is 11.4 Å². The van der Waals surface area contributed by atoms with E-state index in [2.05, 4.69) is 24.2 Å². The van der Waals surface area contributed by atoms with Crippen LogP contribution >= 0.6 is 11.6 Å². The first kappa shape index (κ1) is 12.4. The number of halogens is 1. The van der Waals surface area contributed by atoms with Crippen LogP contribution in [-0.4, -0.2) is 23.3 Å². The highest BCUT2D eigenvalue weighted by molar-refractivity contribution is 6.23. The molecule has 4 heteroatoms. The highest BCUT2D eigenvalue weighted by atomic mass is 35.5. The Labute approximate surface area is 96.8 Å². The second-order valence-electron chi connectivity index (χ2n) is 3.94. The highest BCUT2D eigenvalue weighted by Gasteiger charge is 2.20. The molecule has 0 aromatic carbocycles. The number of hydrogen-bond donors (Lipinski definition) is 2. The summed E-state index contributed by atoms with van der Waals surface area (Å²) >= 11 is 6.12. The third kappa shape index (κ3) is 3.13. The smallest absolute Gasteiger partial charge is 0.142 e. The number of hydrogen-bond acceptors (Lipinski definition) is 3. The van der Waals surface area contributed by atoms with Crippen molar-refractivity contribution >= 4 is 17.4 Å². The molecule has 2 atom stereocenters. The summed E-state index contributed by atoms with van der Waals surface area (Å²) in [6, 6.07) is 0.515. The summed E-state index contributed by atoms with van der Waals surface area (Å²) in [5, 5.41) is 3.32. The molecule has 2 unspecified atom stereocenters. The Kier molecular flexibility index (Phi) is 4.45. The van der Waals surface area contributed by atoms with E-state index >= 15 is 0 Å². The van der Waals surface area contributed by atoms with E-state index in [9.17, 15) is 0 Å². The lowest BCUT2D eigenvalue weighted by atomic mass is 10.1. The Hall–Kier alpha value is -0.700. The summed E-state index contributed by atoms with van der Waals surface area (Å²) in [7, 11) is 0. The second kappa shape index (κ2) is 5.40. The van der Waals surface area contributed by atoms with Gasteiger partial charge in [-0.1, -0.05) is 13.8 Å². The van der Waals surface area contributed by atoms with Crippen LogP contribution in [-0.2, 0) is 0 Å². The van der Waals surface area contributed by atoms with E-state index in [1.54, 1.807) is 0 Å². The third-order valence-corrected chi connectivity index (χ3v) is 3.24. The summed E-state index contributed by atoms with van der Waals surface area (Å²) in [6.07, 6.45) is 4.11. The molecule has 0 fully saturated rings. The Bertz CT molecular complexity index is 269. The van der Waals surface area contributed by atoms with Gasteiger partial charge in [-0.25, -0.2) is 0 Å². The minimum Gasteiger partial charge on any atom is -0.382 e. The Morgan fingerprint density at radius 3 is 2.67 bits per heavy atom. The average Bonchev–Trinajstić information content (AvgIpc) is 2.21. The first-order valence-corrected chi connectivity index (χ1v) is 5.98. The first-order valence-electron chi connectivity index (χ1n) is 5.54. The zero-order valence-corrected chi connectivity index (χ0v) is 10.4. The number of nitrogens with zero attached hydrogens (tertiary/aromatic N) is 1. The lowest BCUT2D eigenvalue weighted by Crippen LogP contribution is -2.38. The molecule has 3 N–H and O–H groups in total. The summed E-state index contributed by atoms with van der Waals surface area (Å²) in [5.74, 6) is 0.575. The first-order chi connectivity index (χ1) is 7.08. The van der Waals surface area contributed by atoms with E-state index in [1.165, 1.54) is 0 Å². The molecule has 1 rings (SSSR count). The lowest BCUT2D eigenvalue weighted by molar-refractivity contribution is 0.538. The van der Waals surface area contributed by atoms with Gasteiger partial charge in [0.25, 0.3) is 0 Å². The lowest BCUT2D eigenvalue weighted by Gasteiger charge is -2.24. The van der Waals surface area contributed by atoms with Gasteiger partial charge in [-0.15, -0.1) is 11.6 Å². The summed E-state index contributed by atoms with van der Waals surface area (Å²) in [6.45, 7) is 6.27. The van der Waals surface area contributed by atoms with Crippen molar-refractivity contribution in [2.24, 2.45) is 10.7 Å². The predicted molar refractivity (Wildman–Crippen MR) is 66.3 cm³/mol. The fourth-order valence-electron chi connectivity index (χ4n) is 1.58. The second-order valence-corrected chi connectivity index (χ2v) is 4.44. The van der Waals surface area contributed by atoms with Gasteiger partial charge >= 0.3 is 0 Å². The molecule has 1 aliphatic rings. The van der Waals surface area contributed by atoms with Crippen LogP contribution < -0.4 is 11.1 Å². The largest absolute Gasteiger partial charge is 0.382 e. The Morgan fingerprint density at radius 1 is 1.53 bits per heavy atom. The molecule has 0 bridgehead atoms. The highest BCUT2D eigenvalue weighted by Crippen LogP contribution is 2.16. The molecule has 0 saturated heterocycles. The molecule has 86 valence electrons. The topological polar surface area (TPSA) is 50.4 Å². The van der Waals surface area contributed by atoms with Crippen LogP contribution in [0.5, 0.6) is 0 Å². The van der Waals surface area contributed by atoms with Crippen molar-refractivity contribution in [2.75, 3.05) is 0 Å². The van der Waals surface area contributed by atoms with Crippen LogP contribution in [0.1, 0.15) is 33.6 Å². The van der Waals surface area contributed by atoms with Crippen LogP contribution in [0, 0.1) is 0 Å². The van der Waals surface area contributed by atoms with Crippen molar-refractivity contribution in [3.63, 3.8) is 0 Å². The fraction of sp³-hybridized carbons (Fsp3) is 0.727. The fourth-order valence-corrected chi connectivity index (χ4v) is 1.76. The van der Waals surface area contributed by atoms with Crippen LogP contribution in [0.3, 0.4) is 0 Å². The van der Waals surface area contributed by atoms with E-state index in [0.717, 1.165) is 18.5 Å². The van der Waals surface area contributed by atoms with Crippen molar-refractivity contribution < 1.29 is 0 Å². The van der Waals surface area contributed by atoms with Gasteiger partial charge in [-0.05, 0) is 25.8 Å². The van der Waals surface area contributed by atoms with Crippen LogP contribution in [0.25, 0.3) is 0 Å². The molecule has 1 aliphatic heterocycles. The molecule has 0 aromatic heterocycles. The van der Waals surface area contributed by atoms with Gasteiger partial charge in [0.1, 0.15) is 5.84 Å². The maximum atomic E-state index is 6.12. The van der Waals surface area contributed by atoms with Gasteiger partial charge in [0, 0.05) is 6.04 Å². The molecule has 0 aromatic rings. The van der Waals surface area contributed by atoms with E-state index < -0.39 is 0 Å². The summed E-state index contributed by atoms with van der Waals surface area (Å²) < 4.78 is 0. The monoisotopic (exact) mass is 229 g/mol. The van der Waals surface area contributed by atoms with Crippen molar-refractivity contribution in [1.29, 1.82) is 0 Å². The van der Waals surface area contributed by atoms with Gasteiger partial charge in [-0.3, -0.25) is 4.99 Å². The number of alkyl halides is 1. The normalized spacial score (nSPS) is 26.2. The minimum atomic E-state index is -0.0610. The number of aliphatic imine (C=N–C) groups is 1. The van der Waals surface area contributed by atoms with Crippen molar-refractivity contribution in [3.05, 3.63) is 11.8 Å². The van der Waals surface area contributed by atoms with Gasteiger partial charge in [0.05, 0.1) is 17.1 Å². The quantitative estimate of drug-likeness (QED) is 0.725. The zero-order valence-electron chi connectivity index (χ0n) is 9.63. The van der Waals surface area contributed by atoms with Gasteiger partial charge < -0.3 is 11.1 Å². The Balaban J connectivity index is 2.69. The molecular formula is C11H20ClN3. The van der Waals surface area contributed by atoms with Crippen molar-refractivity contribution in [2.45, 2.75) is 51.1 Å². The van der Waals surface area contributed by atoms with E-state index in [1.807, 2.05) is 13.0 Å². The average molecular weight is 230 g/mol. The van der Waals surface area contributed by atoms with E-state index in [0.29, 0.717) is 11.9 Å². The summed E-state index contributed by atoms with van der Waals surface area (Å²) in [5.41, 5.74) is 6.74. The Morgan fingerprint density at radius 2 is 2.13 bits per heavy atom. The summed E-state index contributed by atoms with van der Waals surface area (Å²) in [4.78, 5) is 4.30. The molecule has 0 amide bonds. The number of rotatable bonds is 4. The standard InChI is InChI=1S/C11H20ClN3/c1-4-8(5-2)15-10-6-9(12)7(3)14-11(10)13/h6-9,15H,4-5H2,1-3H3,(H2,13,14). The molecule has 0 aliphatic carbocycles. The van der Waals surface area contributed by atoms with Gasteiger partial charge in [-0.2, -0.15) is 0 Å². The SMILES string of the molecule is CCC(CC)NC1=CC(Cl)C(C)N=C1N. The number of amidine groups is 1. The molecule has 15 heavy (non-hydrogen) atoms. The van der Waals surface area contributed by atoms with Gasteiger partial charge in [0.2, 0.25) is 0 Å². The number of dihydropyridines is 1. The molecule has 0 spiro atoms. The predicted octanol–water partition coefficient (Wildman–Crippen LogP) is 2.02. The molecule has 1 heterocycles. The molecule has 3 nitrogen and oxygen atoms in total. The number of nitrogens with one attached hydrogen (secondary N) is 1.